The molecule has 0 aromatic carbocycles. The van der Waals surface area contributed by atoms with Crippen LogP contribution in [-0.4, -0.2) is 37.2 Å². The molecular formula is C77H126O6. The molecule has 0 spiro atoms. The van der Waals surface area contributed by atoms with Gasteiger partial charge in [-0.3, -0.25) is 14.4 Å². The van der Waals surface area contributed by atoms with E-state index >= 15 is 0 Å². The van der Waals surface area contributed by atoms with E-state index in [2.05, 4.69) is 167 Å². The van der Waals surface area contributed by atoms with E-state index in [0.717, 1.165) is 135 Å². The maximum atomic E-state index is 12.9. The van der Waals surface area contributed by atoms with Crippen LogP contribution in [0.15, 0.2) is 146 Å². The molecular weight excluding hydrogens is 1020 g/mol. The van der Waals surface area contributed by atoms with Crippen molar-refractivity contribution in [1.82, 2.24) is 0 Å². The Morgan fingerprint density at radius 3 is 0.843 bits per heavy atom. The predicted molar refractivity (Wildman–Crippen MR) is 362 cm³/mol. The van der Waals surface area contributed by atoms with Crippen LogP contribution < -0.4 is 0 Å². The average molecular weight is 1150 g/mol. The molecule has 0 radical (unpaired) electrons. The normalized spacial score (nSPS) is 13.0. The fraction of sp³-hybridized carbons (Fsp3) is 0.649. The van der Waals surface area contributed by atoms with Gasteiger partial charge in [-0.2, -0.15) is 0 Å². The van der Waals surface area contributed by atoms with Gasteiger partial charge in [-0.1, -0.05) is 295 Å². The zero-order valence-corrected chi connectivity index (χ0v) is 53.9. The SMILES string of the molecule is CC/C=C\C/C=C\C/C=C\C/C=C\C/C=C\C/C=C\C/C=C\C/C=C\C/C=C\CCCC(=O)OCC(COC(=O)CCCCCCC/C=C\C/C=C\CCC)OC(=O)CCCCCCCCCCCCC/C=C\CCCCCCCCCC. The van der Waals surface area contributed by atoms with Crippen LogP contribution in [0, 0.1) is 0 Å². The summed E-state index contributed by atoms with van der Waals surface area (Å²) in [5, 5.41) is 0. The first-order valence-corrected chi connectivity index (χ1v) is 34.3. The first kappa shape index (κ1) is 78.3. The maximum absolute atomic E-state index is 12.9. The number of hydrogen-bond donors (Lipinski definition) is 0. The van der Waals surface area contributed by atoms with Crippen molar-refractivity contribution in [2.75, 3.05) is 13.2 Å². The van der Waals surface area contributed by atoms with Crippen molar-refractivity contribution < 1.29 is 28.6 Å². The smallest absolute Gasteiger partial charge is 0.306 e. The highest BCUT2D eigenvalue weighted by molar-refractivity contribution is 5.71. The van der Waals surface area contributed by atoms with E-state index in [1.54, 1.807) is 0 Å². The summed E-state index contributed by atoms with van der Waals surface area (Å²) in [5.41, 5.74) is 0. The second-order valence-corrected chi connectivity index (χ2v) is 22.3. The number of unbranched alkanes of at least 4 members (excludes halogenated alkanes) is 26. The second-order valence-electron chi connectivity index (χ2n) is 22.3. The van der Waals surface area contributed by atoms with Gasteiger partial charge in [0.25, 0.3) is 0 Å². The highest BCUT2D eigenvalue weighted by Crippen LogP contribution is 2.16. The number of hydrogen-bond acceptors (Lipinski definition) is 6. The van der Waals surface area contributed by atoms with Gasteiger partial charge in [-0.15, -0.1) is 0 Å². The van der Waals surface area contributed by atoms with Crippen LogP contribution >= 0.6 is 0 Å². The molecule has 6 nitrogen and oxygen atoms in total. The van der Waals surface area contributed by atoms with Gasteiger partial charge in [0, 0.05) is 19.3 Å². The van der Waals surface area contributed by atoms with Gasteiger partial charge < -0.3 is 14.2 Å². The van der Waals surface area contributed by atoms with Gasteiger partial charge in [0.1, 0.15) is 13.2 Å². The monoisotopic (exact) mass is 1150 g/mol. The van der Waals surface area contributed by atoms with Crippen molar-refractivity contribution >= 4 is 17.9 Å². The first-order valence-electron chi connectivity index (χ1n) is 34.3. The minimum atomic E-state index is -0.815. The van der Waals surface area contributed by atoms with Crippen molar-refractivity contribution in [2.24, 2.45) is 0 Å². The van der Waals surface area contributed by atoms with Gasteiger partial charge in [0.15, 0.2) is 6.10 Å². The molecule has 0 aliphatic carbocycles. The highest BCUT2D eigenvalue weighted by Gasteiger charge is 2.19. The van der Waals surface area contributed by atoms with Crippen LogP contribution in [0.3, 0.4) is 0 Å². The molecule has 0 aliphatic heterocycles. The molecule has 0 saturated carbocycles. The maximum Gasteiger partial charge on any atom is 0.306 e. The Balaban J connectivity index is 4.43. The van der Waals surface area contributed by atoms with Gasteiger partial charge in [0.2, 0.25) is 0 Å². The number of ether oxygens (including phenoxy) is 3. The third-order valence-electron chi connectivity index (χ3n) is 14.3. The van der Waals surface area contributed by atoms with Crippen molar-refractivity contribution in [2.45, 2.75) is 309 Å². The number of rotatable bonds is 61. The van der Waals surface area contributed by atoms with E-state index in [1.807, 2.05) is 0 Å². The molecule has 0 amide bonds. The summed E-state index contributed by atoms with van der Waals surface area (Å²) in [4.78, 5) is 38.4. The zero-order chi connectivity index (χ0) is 59.9. The van der Waals surface area contributed by atoms with Crippen molar-refractivity contribution in [3.05, 3.63) is 146 Å². The minimum absolute atomic E-state index is 0.107. The molecule has 83 heavy (non-hydrogen) atoms. The Kier molecular flexibility index (Phi) is 65.8. The fourth-order valence-corrected chi connectivity index (χ4v) is 9.18. The second kappa shape index (κ2) is 69.8. The summed E-state index contributed by atoms with van der Waals surface area (Å²) < 4.78 is 16.9. The molecule has 0 aliphatic rings. The lowest BCUT2D eigenvalue weighted by atomic mass is 10.0. The van der Waals surface area contributed by atoms with E-state index in [-0.39, 0.29) is 37.5 Å². The quantitative estimate of drug-likeness (QED) is 0.0261. The number of carbonyl (C=O) groups is 3. The van der Waals surface area contributed by atoms with E-state index in [1.165, 1.54) is 122 Å². The summed E-state index contributed by atoms with van der Waals surface area (Å²) in [5.74, 6) is -0.980. The summed E-state index contributed by atoms with van der Waals surface area (Å²) in [6.45, 7) is 6.42. The van der Waals surface area contributed by atoms with Crippen LogP contribution in [0.2, 0.25) is 0 Å². The molecule has 0 aromatic heterocycles. The fourth-order valence-electron chi connectivity index (χ4n) is 9.18. The van der Waals surface area contributed by atoms with E-state index < -0.39 is 6.10 Å². The Labute approximate surface area is 512 Å². The summed E-state index contributed by atoms with van der Waals surface area (Å²) in [6.07, 6.45) is 100. The third kappa shape index (κ3) is 68.0. The van der Waals surface area contributed by atoms with Crippen LogP contribution in [-0.2, 0) is 28.6 Å². The van der Waals surface area contributed by atoms with E-state index in [9.17, 15) is 14.4 Å². The Morgan fingerprint density at radius 2 is 0.506 bits per heavy atom. The molecule has 470 valence electrons. The van der Waals surface area contributed by atoms with Gasteiger partial charge in [-0.25, -0.2) is 0 Å². The highest BCUT2D eigenvalue weighted by atomic mass is 16.6. The molecule has 1 atom stereocenters. The predicted octanol–water partition coefficient (Wildman–Crippen LogP) is 23.9. The number of esters is 3. The zero-order valence-electron chi connectivity index (χ0n) is 53.9. The third-order valence-corrected chi connectivity index (χ3v) is 14.3. The van der Waals surface area contributed by atoms with Gasteiger partial charge in [-0.05, 0) is 135 Å². The van der Waals surface area contributed by atoms with Crippen molar-refractivity contribution in [3.63, 3.8) is 0 Å². The number of allylic oxidation sites excluding steroid dienone is 24. The Morgan fingerprint density at radius 1 is 0.253 bits per heavy atom. The first-order chi connectivity index (χ1) is 41.0. The van der Waals surface area contributed by atoms with E-state index in [0.29, 0.717) is 19.3 Å². The lowest BCUT2D eigenvalue weighted by Gasteiger charge is -2.18. The van der Waals surface area contributed by atoms with Crippen LogP contribution in [0.4, 0.5) is 0 Å². The molecule has 0 saturated heterocycles. The lowest BCUT2D eigenvalue weighted by molar-refractivity contribution is -0.167. The molecule has 0 aromatic rings. The molecule has 0 N–H and O–H groups in total. The summed E-state index contributed by atoms with van der Waals surface area (Å²) in [6, 6.07) is 0. The van der Waals surface area contributed by atoms with Gasteiger partial charge >= 0.3 is 17.9 Å². The summed E-state index contributed by atoms with van der Waals surface area (Å²) in [7, 11) is 0. The Hall–Kier alpha value is -4.71. The van der Waals surface area contributed by atoms with Crippen molar-refractivity contribution in [3.8, 4) is 0 Å². The van der Waals surface area contributed by atoms with Crippen molar-refractivity contribution in [1.29, 1.82) is 0 Å². The molecule has 1 unspecified atom stereocenters. The Bertz CT molecular complexity index is 1800. The summed E-state index contributed by atoms with van der Waals surface area (Å²) >= 11 is 0. The molecule has 0 rings (SSSR count). The topological polar surface area (TPSA) is 78.9 Å². The lowest BCUT2D eigenvalue weighted by Crippen LogP contribution is -2.30. The molecule has 0 heterocycles. The standard InChI is InChI=1S/C77H126O6/c1-4-7-10-13-16-19-22-25-27-29-31-33-35-36-37-38-39-40-42-43-45-47-49-52-55-58-61-64-67-70-76(79)82-73-74(72-81-75(78)69-66-63-60-57-54-51-24-21-18-15-12-9-6-3)83-77(80)71-68-65-62-59-56-53-50-48-46-44-41-34-32-30-28-26-23-20-17-14-11-8-5-2/h7,10,12,15-16,19,21,24-25,27,30-33,36-37,39-40,43,45,49,52,58,61,74H,4-6,8-9,11,13-14,17-18,20,22-23,26,28-29,34-35,38,41-42,44,46-48,50-51,53-57,59-60,62-73H2,1-3H3/b10-7-,15-12-,19-16-,24-21-,27-25-,32-30-,33-31-,37-36-,40-39-,45-43-,52-49-,61-58-. The van der Waals surface area contributed by atoms with Crippen LogP contribution in [0.25, 0.3) is 0 Å². The molecule has 0 fully saturated rings. The van der Waals surface area contributed by atoms with Crippen LogP contribution in [0.5, 0.6) is 0 Å². The molecule has 0 bridgehead atoms. The van der Waals surface area contributed by atoms with E-state index in [4.69, 9.17) is 14.2 Å². The number of carbonyl (C=O) groups excluding carboxylic acids is 3. The minimum Gasteiger partial charge on any atom is -0.462 e. The van der Waals surface area contributed by atoms with Gasteiger partial charge in [0.05, 0.1) is 0 Å². The largest absolute Gasteiger partial charge is 0.462 e. The van der Waals surface area contributed by atoms with Crippen LogP contribution in [0.1, 0.15) is 303 Å². The average Bonchev–Trinajstić information content (AvgIpc) is 3.49. The molecule has 6 heteroatoms.